The Morgan fingerprint density at radius 3 is 2.74 bits per heavy atom. The molecule has 2 rings (SSSR count). The summed E-state index contributed by atoms with van der Waals surface area (Å²) in [5, 5.41) is 14.9. The van der Waals surface area contributed by atoms with E-state index in [-0.39, 0.29) is 11.4 Å². The number of benzene rings is 1. The average Bonchev–Trinajstić information content (AvgIpc) is 2.86. The Kier molecular flexibility index (Phi) is 4.28. The first kappa shape index (κ1) is 13.7. The van der Waals surface area contributed by atoms with E-state index in [1.165, 1.54) is 30.0 Å². The van der Waals surface area contributed by atoms with Gasteiger partial charge in [-0.1, -0.05) is 23.4 Å². The highest BCUT2D eigenvalue weighted by atomic mass is 35.5. The minimum Gasteiger partial charge on any atom is -0.506 e. The molecule has 0 spiro atoms. The first-order valence-electron chi connectivity index (χ1n) is 5.34. The summed E-state index contributed by atoms with van der Waals surface area (Å²) >= 11 is 7.10. The molecule has 1 aromatic rings. The number of amidine groups is 1. The predicted octanol–water partition coefficient (Wildman–Crippen LogP) is 1.20. The molecule has 0 bridgehead atoms. The van der Waals surface area contributed by atoms with Gasteiger partial charge in [-0.05, 0) is 18.2 Å². The fraction of sp³-hybridized carbons (Fsp3) is 0.182. The van der Waals surface area contributed by atoms with Crippen LogP contribution in [0, 0.1) is 0 Å². The summed E-state index contributed by atoms with van der Waals surface area (Å²) in [6, 6.07) is 4.15. The van der Waals surface area contributed by atoms with E-state index in [1.54, 1.807) is 0 Å². The van der Waals surface area contributed by atoms with Gasteiger partial charge in [-0.25, -0.2) is 0 Å². The van der Waals surface area contributed by atoms with E-state index in [2.05, 4.69) is 15.6 Å². The van der Waals surface area contributed by atoms with Gasteiger partial charge in [0.25, 0.3) is 0 Å². The van der Waals surface area contributed by atoms with Gasteiger partial charge in [-0.2, -0.15) is 0 Å². The molecule has 1 aliphatic heterocycles. The van der Waals surface area contributed by atoms with Crippen LogP contribution in [0.2, 0.25) is 5.02 Å². The lowest BCUT2D eigenvalue weighted by Gasteiger charge is -2.07. The zero-order chi connectivity index (χ0) is 13.8. The predicted molar refractivity (Wildman–Crippen MR) is 74.6 cm³/mol. The van der Waals surface area contributed by atoms with Crippen molar-refractivity contribution in [2.45, 2.75) is 0 Å². The quantitative estimate of drug-likeness (QED) is 0.537. The molecule has 0 saturated carbocycles. The van der Waals surface area contributed by atoms with Crippen molar-refractivity contribution in [1.82, 2.24) is 5.32 Å². The molecular formula is C11H10ClN3O3S. The molecular weight excluding hydrogens is 290 g/mol. The van der Waals surface area contributed by atoms with E-state index in [0.717, 1.165) is 5.75 Å². The number of hydrogen-bond donors (Lipinski definition) is 3. The molecule has 1 aliphatic rings. The number of halogens is 1. The van der Waals surface area contributed by atoms with E-state index in [0.29, 0.717) is 16.7 Å². The summed E-state index contributed by atoms with van der Waals surface area (Å²) in [4.78, 5) is 27.2. The Balaban J connectivity index is 2.00. The zero-order valence-corrected chi connectivity index (χ0v) is 11.2. The van der Waals surface area contributed by atoms with Gasteiger partial charge in [0.05, 0.1) is 12.2 Å². The smallest absolute Gasteiger partial charge is 0.315 e. The number of carbonyl (C=O) groups excluding carboxylic acids is 2. The van der Waals surface area contributed by atoms with Crippen molar-refractivity contribution in [3.05, 3.63) is 23.2 Å². The summed E-state index contributed by atoms with van der Waals surface area (Å²) in [5.41, 5.74) is 0.0775. The number of phenols is 1. The van der Waals surface area contributed by atoms with Gasteiger partial charge in [0.2, 0.25) is 0 Å². The van der Waals surface area contributed by atoms with Crippen LogP contribution in [-0.2, 0) is 9.59 Å². The molecule has 0 aliphatic carbocycles. The topological polar surface area (TPSA) is 90.8 Å². The Labute approximate surface area is 118 Å². The molecule has 0 atom stereocenters. The van der Waals surface area contributed by atoms with Crippen molar-refractivity contribution >= 4 is 46.0 Å². The maximum atomic E-state index is 11.6. The molecule has 2 amide bonds. The number of aromatic hydroxyl groups is 1. The third-order valence-corrected chi connectivity index (χ3v) is 3.35. The number of phenolic OH excluding ortho intramolecular Hbond substituents is 1. The number of rotatable bonds is 1. The summed E-state index contributed by atoms with van der Waals surface area (Å²) in [6.07, 6.45) is 0. The SMILES string of the molecule is O=C(NC1=NCCS1)C(=O)Nc1cc(Cl)ccc1O. The molecule has 1 aromatic carbocycles. The van der Waals surface area contributed by atoms with Crippen LogP contribution in [0.1, 0.15) is 0 Å². The molecule has 100 valence electrons. The minimum absolute atomic E-state index is 0.0775. The third kappa shape index (κ3) is 3.62. The number of carbonyl (C=O) groups is 2. The molecule has 6 nitrogen and oxygen atoms in total. The zero-order valence-electron chi connectivity index (χ0n) is 9.64. The maximum Gasteiger partial charge on any atom is 0.315 e. The van der Waals surface area contributed by atoms with Crippen molar-refractivity contribution in [3.8, 4) is 5.75 Å². The lowest BCUT2D eigenvalue weighted by atomic mass is 10.3. The second-order valence-electron chi connectivity index (χ2n) is 3.61. The van der Waals surface area contributed by atoms with Crippen LogP contribution in [-0.4, -0.2) is 34.4 Å². The highest BCUT2D eigenvalue weighted by Crippen LogP contribution is 2.26. The Bertz CT molecular complexity index is 562. The molecule has 1 heterocycles. The third-order valence-electron chi connectivity index (χ3n) is 2.22. The molecule has 3 N–H and O–H groups in total. The van der Waals surface area contributed by atoms with Gasteiger partial charge in [0.1, 0.15) is 5.75 Å². The molecule has 0 radical (unpaired) electrons. The van der Waals surface area contributed by atoms with Crippen LogP contribution in [0.25, 0.3) is 0 Å². The molecule has 0 unspecified atom stereocenters. The Hall–Kier alpha value is -1.73. The number of aliphatic imine (C=N–C) groups is 1. The summed E-state index contributed by atoms with van der Waals surface area (Å²) in [6.45, 7) is 0.622. The van der Waals surface area contributed by atoms with Gasteiger partial charge < -0.3 is 10.4 Å². The average molecular weight is 300 g/mol. The van der Waals surface area contributed by atoms with Gasteiger partial charge >= 0.3 is 11.8 Å². The standard InChI is InChI=1S/C11H10ClN3O3S/c12-6-1-2-8(16)7(5-6)14-9(17)10(18)15-11-13-3-4-19-11/h1-2,5,16H,3-4H2,(H,14,17)(H,13,15,18). The molecule has 0 aromatic heterocycles. The number of thioether (sulfide) groups is 1. The number of nitrogens with one attached hydrogen (secondary N) is 2. The largest absolute Gasteiger partial charge is 0.506 e. The van der Waals surface area contributed by atoms with Crippen molar-refractivity contribution in [3.63, 3.8) is 0 Å². The molecule has 19 heavy (non-hydrogen) atoms. The lowest BCUT2D eigenvalue weighted by Crippen LogP contribution is -2.37. The maximum absolute atomic E-state index is 11.6. The highest BCUT2D eigenvalue weighted by molar-refractivity contribution is 8.14. The highest BCUT2D eigenvalue weighted by Gasteiger charge is 2.19. The van der Waals surface area contributed by atoms with Crippen molar-refractivity contribution in [1.29, 1.82) is 0 Å². The van der Waals surface area contributed by atoms with Crippen LogP contribution in [0.15, 0.2) is 23.2 Å². The van der Waals surface area contributed by atoms with E-state index in [4.69, 9.17) is 11.6 Å². The van der Waals surface area contributed by atoms with E-state index < -0.39 is 11.8 Å². The van der Waals surface area contributed by atoms with Gasteiger partial charge in [0.15, 0.2) is 5.17 Å². The lowest BCUT2D eigenvalue weighted by molar-refractivity contribution is -0.135. The van der Waals surface area contributed by atoms with Gasteiger partial charge in [0, 0.05) is 10.8 Å². The van der Waals surface area contributed by atoms with Crippen LogP contribution >= 0.6 is 23.4 Å². The normalized spacial score (nSPS) is 13.8. The van der Waals surface area contributed by atoms with Crippen LogP contribution in [0.4, 0.5) is 5.69 Å². The number of hydrogen-bond acceptors (Lipinski definition) is 5. The first-order chi connectivity index (χ1) is 9.06. The van der Waals surface area contributed by atoms with Gasteiger partial charge in [-0.3, -0.25) is 19.9 Å². The molecule has 0 fully saturated rings. The van der Waals surface area contributed by atoms with E-state index in [1.807, 2.05) is 0 Å². The van der Waals surface area contributed by atoms with Crippen LogP contribution < -0.4 is 10.6 Å². The summed E-state index contributed by atoms with van der Waals surface area (Å²) in [7, 11) is 0. The number of amides is 2. The Morgan fingerprint density at radius 1 is 1.32 bits per heavy atom. The van der Waals surface area contributed by atoms with Crippen molar-refractivity contribution in [2.75, 3.05) is 17.6 Å². The number of anilines is 1. The monoisotopic (exact) mass is 299 g/mol. The first-order valence-corrected chi connectivity index (χ1v) is 6.71. The van der Waals surface area contributed by atoms with Gasteiger partial charge in [-0.15, -0.1) is 0 Å². The van der Waals surface area contributed by atoms with E-state index in [9.17, 15) is 14.7 Å². The fourth-order valence-electron chi connectivity index (χ4n) is 1.35. The fourth-order valence-corrected chi connectivity index (χ4v) is 2.25. The summed E-state index contributed by atoms with van der Waals surface area (Å²) in [5.74, 6) is -1.12. The number of nitrogens with zero attached hydrogens (tertiary/aromatic N) is 1. The van der Waals surface area contributed by atoms with Crippen LogP contribution in [0.3, 0.4) is 0 Å². The molecule has 8 heteroatoms. The van der Waals surface area contributed by atoms with Crippen LogP contribution in [0.5, 0.6) is 5.75 Å². The van der Waals surface area contributed by atoms with E-state index >= 15 is 0 Å². The van der Waals surface area contributed by atoms with Crippen molar-refractivity contribution in [2.24, 2.45) is 4.99 Å². The summed E-state index contributed by atoms with van der Waals surface area (Å²) < 4.78 is 0. The second-order valence-corrected chi connectivity index (χ2v) is 5.13. The Morgan fingerprint density at radius 2 is 2.05 bits per heavy atom. The minimum atomic E-state index is -0.896. The second kappa shape index (κ2) is 5.94. The molecule has 0 saturated heterocycles. The van der Waals surface area contributed by atoms with Crippen molar-refractivity contribution < 1.29 is 14.7 Å².